The van der Waals surface area contributed by atoms with Gasteiger partial charge in [-0.1, -0.05) is 0 Å². The Morgan fingerprint density at radius 1 is 1.64 bits per heavy atom. The van der Waals surface area contributed by atoms with E-state index < -0.39 is 0 Å². The van der Waals surface area contributed by atoms with Crippen molar-refractivity contribution in [1.29, 1.82) is 0 Å². The van der Waals surface area contributed by atoms with Crippen molar-refractivity contribution in [3.63, 3.8) is 0 Å². The van der Waals surface area contributed by atoms with Gasteiger partial charge in [-0.25, -0.2) is 4.98 Å². The van der Waals surface area contributed by atoms with Crippen LogP contribution in [0.15, 0.2) is 6.20 Å². The van der Waals surface area contributed by atoms with Crippen LogP contribution in [0.25, 0.3) is 0 Å². The van der Waals surface area contributed by atoms with Gasteiger partial charge in [-0.2, -0.15) is 4.98 Å². The zero-order chi connectivity index (χ0) is 9.97. The fourth-order valence-corrected chi connectivity index (χ4v) is 1.80. The van der Waals surface area contributed by atoms with Crippen LogP contribution in [0.1, 0.15) is 30.0 Å². The average molecular weight is 192 g/mol. The summed E-state index contributed by atoms with van der Waals surface area (Å²) in [6.45, 7) is 0. The molecular weight excluding hydrogens is 180 g/mol. The molecule has 1 aliphatic carbocycles. The molecule has 14 heavy (non-hydrogen) atoms. The Hall–Kier alpha value is -1.45. The first-order valence-electron chi connectivity index (χ1n) is 4.70. The predicted molar refractivity (Wildman–Crippen MR) is 50.3 cm³/mol. The number of nitrogens with zero attached hydrogens (tertiary/aromatic N) is 2. The van der Waals surface area contributed by atoms with Crippen LogP contribution in [0.5, 0.6) is 6.01 Å². The number of aldehydes is 1. The molecule has 1 heterocycles. The highest BCUT2D eigenvalue weighted by Crippen LogP contribution is 2.28. The van der Waals surface area contributed by atoms with Crippen LogP contribution in [-0.4, -0.2) is 23.4 Å². The molecule has 0 saturated heterocycles. The lowest BCUT2D eigenvalue weighted by molar-refractivity contribution is -0.109. The van der Waals surface area contributed by atoms with Crippen molar-refractivity contribution in [2.75, 3.05) is 7.11 Å². The summed E-state index contributed by atoms with van der Waals surface area (Å²) in [6.07, 6.45) is 5.60. The number of carbonyl (C=O) groups is 1. The van der Waals surface area contributed by atoms with Crippen molar-refractivity contribution in [3.05, 3.63) is 17.5 Å². The average Bonchev–Trinajstić information content (AvgIpc) is 2.27. The van der Waals surface area contributed by atoms with E-state index in [0.717, 1.165) is 36.8 Å². The first-order chi connectivity index (χ1) is 6.85. The molecule has 2 rings (SSSR count). The van der Waals surface area contributed by atoms with Gasteiger partial charge in [-0.3, -0.25) is 0 Å². The monoisotopic (exact) mass is 192 g/mol. The Morgan fingerprint density at radius 3 is 3.21 bits per heavy atom. The van der Waals surface area contributed by atoms with Crippen molar-refractivity contribution in [3.8, 4) is 6.01 Å². The highest BCUT2D eigenvalue weighted by molar-refractivity contribution is 5.62. The van der Waals surface area contributed by atoms with Crippen molar-refractivity contribution in [2.45, 2.75) is 25.2 Å². The van der Waals surface area contributed by atoms with E-state index in [-0.39, 0.29) is 5.92 Å². The molecule has 0 bridgehead atoms. The van der Waals surface area contributed by atoms with Gasteiger partial charge in [0.15, 0.2) is 0 Å². The van der Waals surface area contributed by atoms with E-state index in [9.17, 15) is 4.79 Å². The van der Waals surface area contributed by atoms with E-state index in [2.05, 4.69) is 9.97 Å². The Kier molecular flexibility index (Phi) is 2.43. The molecule has 74 valence electrons. The Balaban J connectivity index is 2.43. The minimum atomic E-state index is -0.0735. The first kappa shape index (κ1) is 9.12. The third kappa shape index (κ3) is 1.47. The zero-order valence-corrected chi connectivity index (χ0v) is 8.06. The highest BCUT2D eigenvalue weighted by Gasteiger charge is 2.22. The summed E-state index contributed by atoms with van der Waals surface area (Å²) < 4.78 is 4.93. The largest absolute Gasteiger partial charge is 0.467 e. The summed E-state index contributed by atoms with van der Waals surface area (Å²) in [6, 6.07) is 0.345. The molecule has 0 radical (unpaired) electrons. The number of methoxy groups -OCH3 is 1. The molecule has 0 aromatic carbocycles. The Bertz CT molecular complexity index is 352. The standard InChI is InChI=1S/C10H12N2O2/c1-14-10-11-5-7-3-2-4-8(6-13)9(7)12-10/h5-6,8H,2-4H2,1H3. The Labute approximate surface area is 82.3 Å². The topological polar surface area (TPSA) is 52.1 Å². The SMILES string of the molecule is COc1ncc2c(n1)C(C=O)CCC2. The summed E-state index contributed by atoms with van der Waals surface area (Å²) in [5.74, 6) is -0.0735. The van der Waals surface area contributed by atoms with E-state index >= 15 is 0 Å². The van der Waals surface area contributed by atoms with Crippen LogP contribution < -0.4 is 4.74 Å². The summed E-state index contributed by atoms with van der Waals surface area (Å²) in [4.78, 5) is 19.1. The quantitative estimate of drug-likeness (QED) is 0.658. The second-order valence-electron chi connectivity index (χ2n) is 3.40. The number of ether oxygens (including phenoxy) is 1. The normalized spacial score (nSPS) is 19.9. The summed E-state index contributed by atoms with van der Waals surface area (Å²) >= 11 is 0. The summed E-state index contributed by atoms with van der Waals surface area (Å²) in [5.41, 5.74) is 1.92. The molecule has 0 saturated carbocycles. The molecule has 0 N–H and O–H groups in total. The van der Waals surface area contributed by atoms with Crippen molar-refractivity contribution in [1.82, 2.24) is 9.97 Å². The van der Waals surface area contributed by atoms with Gasteiger partial charge < -0.3 is 9.53 Å². The summed E-state index contributed by atoms with van der Waals surface area (Å²) in [5, 5.41) is 0. The molecular formula is C10H12N2O2. The molecule has 4 heteroatoms. The molecule has 0 amide bonds. The smallest absolute Gasteiger partial charge is 0.316 e. The molecule has 1 aromatic heterocycles. The second kappa shape index (κ2) is 3.74. The fraction of sp³-hybridized carbons (Fsp3) is 0.500. The lowest BCUT2D eigenvalue weighted by Gasteiger charge is -2.19. The van der Waals surface area contributed by atoms with Crippen LogP contribution in [0.3, 0.4) is 0 Å². The molecule has 4 nitrogen and oxygen atoms in total. The molecule has 1 aromatic rings. The third-order valence-corrected chi connectivity index (χ3v) is 2.54. The third-order valence-electron chi connectivity index (χ3n) is 2.54. The van der Waals surface area contributed by atoms with Gasteiger partial charge in [0.1, 0.15) is 6.29 Å². The lowest BCUT2D eigenvalue weighted by atomic mass is 9.88. The van der Waals surface area contributed by atoms with Gasteiger partial charge in [0.2, 0.25) is 0 Å². The number of fused-ring (bicyclic) bond motifs is 1. The van der Waals surface area contributed by atoms with E-state index in [1.54, 1.807) is 6.20 Å². The molecule has 0 spiro atoms. The maximum atomic E-state index is 10.8. The van der Waals surface area contributed by atoms with Crippen LogP contribution >= 0.6 is 0 Å². The van der Waals surface area contributed by atoms with Crippen LogP contribution in [0, 0.1) is 0 Å². The number of aromatic nitrogens is 2. The van der Waals surface area contributed by atoms with Crippen LogP contribution in [-0.2, 0) is 11.2 Å². The highest BCUT2D eigenvalue weighted by atomic mass is 16.5. The number of rotatable bonds is 2. The second-order valence-corrected chi connectivity index (χ2v) is 3.40. The van der Waals surface area contributed by atoms with E-state index in [0.29, 0.717) is 6.01 Å². The minimum Gasteiger partial charge on any atom is -0.467 e. The van der Waals surface area contributed by atoms with Crippen LogP contribution in [0.2, 0.25) is 0 Å². The van der Waals surface area contributed by atoms with Gasteiger partial charge in [0.05, 0.1) is 18.7 Å². The van der Waals surface area contributed by atoms with Gasteiger partial charge in [-0.15, -0.1) is 0 Å². The Morgan fingerprint density at radius 2 is 2.50 bits per heavy atom. The van der Waals surface area contributed by atoms with E-state index in [1.807, 2.05) is 0 Å². The van der Waals surface area contributed by atoms with Crippen molar-refractivity contribution >= 4 is 6.29 Å². The molecule has 1 aliphatic rings. The molecule has 0 fully saturated rings. The first-order valence-corrected chi connectivity index (χ1v) is 4.70. The van der Waals surface area contributed by atoms with Crippen molar-refractivity contribution < 1.29 is 9.53 Å². The predicted octanol–water partition coefficient (Wildman–Crippen LogP) is 1.10. The summed E-state index contributed by atoms with van der Waals surface area (Å²) in [7, 11) is 1.53. The maximum absolute atomic E-state index is 10.8. The van der Waals surface area contributed by atoms with Gasteiger partial charge in [0, 0.05) is 6.20 Å². The van der Waals surface area contributed by atoms with Crippen molar-refractivity contribution in [2.24, 2.45) is 0 Å². The maximum Gasteiger partial charge on any atom is 0.316 e. The van der Waals surface area contributed by atoms with Crippen LogP contribution in [0.4, 0.5) is 0 Å². The lowest BCUT2D eigenvalue weighted by Crippen LogP contribution is -2.14. The van der Waals surface area contributed by atoms with E-state index in [1.165, 1.54) is 7.11 Å². The number of hydrogen-bond acceptors (Lipinski definition) is 4. The molecule has 1 atom stereocenters. The van der Waals surface area contributed by atoms with E-state index in [4.69, 9.17) is 4.74 Å². The zero-order valence-electron chi connectivity index (χ0n) is 8.06. The van der Waals surface area contributed by atoms with Gasteiger partial charge in [0.25, 0.3) is 0 Å². The minimum absolute atomic E-state index is 0.0735. The number of aryl methyl sites for hydroxylation is 1. The van der Waals surface area contributed by atoms with Gasteiger partial charge >= 0.3 is 6.01 Å². The number of carbonyl (C=O) groups excluding carboxylic acids is 1. The fourth-order valence-electron chi connectivity index (χ4n) is 1.80. The number of hydrogen-bond donors (Lipinski definition) is 0. The van der Waals surface area contributed by atoms with Gasteiger partial charge in [-0.05, 0) is 24.8 Å². The molecule has 0 aliphatic heterocycles. The molecule has 1 unspecified atom stereocenters.